The number of aromatic nitrogens is 2. The minimum absolute atomic E-state index is 0. The number of anilines is 1. The second kappa shape index (κ2) is 9.06. The number of halogens is 3. The third-order valence-corrected chi connectivity index (χ3v) is 4.06. The van der Waals surface area contributed by atoms with Gasteiger partial charge in [0.2, 0.25) is 0 Å². The highest BCUT2D eigenvalue weighted by atomic mass is 127. The Balaban J connectivity index is 0.00000264. The van der Waals surface area contributed by atoms with Gasteiger partial charge in [-0.05, 0) is 12.1 Å². The van der Waals surface area contributed by atoms with E-state index in [1.165, 1.54) is 11.3 Å². The number of guanidine groups is 1. The molecule has 126 valence electrons. The van der Waals surface area contributed by atoms with Crippen LogP contribution >= 0.6 is 35.3 Å². The molecule has 0 aliphatic rings. The van der Waals surface area contributed by atoms with Crippen LogP contribution in [0.1, 0.15) is 29.8 Å². The van der Waals surface area contributed by atoms with Gasteiger partial charge in [0.15, 0.2) is 5.96 Å². The first-order valence-corrected chi connectivity index (χ1v) is 7.61. The summed E-state index contributed by atoms with van der Waals surface area (Å²) >= 11 is 1.54. The Hall–Kier alpha value is -1.36. The molecule has 2 aromatic rings. The van der Waals surface area contributed by atoms with E-state index in [0.717, 1.165) is 28.2 Å². The third kappa shape index (κ3) is 5.98. The lowest BCUT2D eigenvalue weighted by atomic mass is 10.2. The Kier molecular flexibility index (Phi) is 7.76. The van der Waals surface area contributed by atoms with E-state index in [9.17, 15) is 8.78 Å². The second-order valence-corrected chi connectivity index (χ2v) is 6.05. The number of hydrogen-bond donors (Lipinski definition) is 2. The van der Waals surface area contributed by atoms with Crippen LogP contribution < -0.4 is 11.1 Å². The smallest absolute Gasteiger partial charge is 0.193 e. The molecule has 5 nitrogen and oxygen atoms in total. The monoisotopic (exact) mass is 453 g/mol. The summed E-state index contributed by atoms with van der Waals surface area (Å²) in [6.45, 7) is 4.50. The lowest BCUT2D eigenvalue weighted by molar-refractivity contribution is 0.604. The molecule has 3 N–H and O–H groups in total. The van der Waals surface area contributed by atoms with E-state index >= 15 is 0 Å². The molecule has 1 aromatic heterocycles. The SMILES string of the molecule is CC(C)c1nnc(CCN=C(N)Nc2cc(F)ccc2F)s1.I. The third-order valence-electron chi connectivity index (χ3n) is 2.78. The average molecular weight is 453 g/mol. The van der Waals surface area contributed by atoms with Gasteiger partial charge in [0.25, 0.3) is 0 Å². The number of aliphatic imine (C=N–C) groups is 1. The number of nitrogens with one attached hydrogen (secondary N) is 1. The highest BCUT2D eigenvalue weighted by Crippen LogP contribution is 2.19. The Morgan fingerprint density at radius 3 is 2.74 bits per heavy atom. The molecule has 0 unspecified atom stereocenters. The van der Waals surface area contributed by atoms with Gasteiger partial charge in [-0.1, -0.05) is 13.8 Å². The Bertz CT molecular complexity index is 675. The molecule has 0 radical (unpaired) electrons. The van der Waals surface area contributed by atoms with Gasteiger partial charge in [0.1, 0.15) is 21.6 Å². The number of hydrogen-bond acceptors (Lipinski definition) is 4. The molecule has 1 aromatic carbocycles. The van der Waals surface area contributed by atoms with Crippen molar-refractivity contribution in [2.24, 2.45) is 10.7 Å². The van der Waals surface area contributed by atoms with Gasteiger partial charge >= 0.3 is 0 Å². The van der Waals surface area contributed by atoms with Gasteiger partial charge in [-0.3, -0.25) is 4.99 Å². The normalized spacial score (nSPS) is 11.4. The minimum atomic E-state index is -0.592. The van der Waals surface area contributed by atoms with Crippen LogP contribution in [0.4, 0.5) is 14.5 Å². The number of benzene rings is 1. The maximum atomic E-state index is 13.4. The number of nitrogens with zero attached hydrogens (tertiary/aromatic N) is 3. The molecule has 0 spiro atoms. The van der Waals surface area contributed by atoms with Crippen LogP contribution in [0.5, 0.6) is 0 Å². The molecular formula is C14H18F2IN5S. The molecule has 0 fully saturated rings. The fraction of sp³-hybridized carbons (Fsp3) is 0.357. The first-order valence-electron chi connectivity index (χ1n) is 6.80. The van der Waals surface area contributed by atoms with E-state index < -0.39 is 11.6 Å². The van der Waals surface area contributed by atoms with Crippen LogP contribution in [0.3, 0.4) is 0 Å². The zero-order valence-electron chi connectivity index (χ0n) is 12.7. The van der Waals surface area contributed by atoms with Gasteiger partial charge in [0.05, 0.1) is 5.69 Å². The predicted molar refractivity (Wildman–Crippen MR) is 99.6 cm³/mol. The summed E-state index contributed by atoms with van der Waals surface area (Å²) in [4.78, 5) is 4.07. The van der Waals surface area contributed by atoms with Crippen molar-refractivity contribution in [2.45, 2.75) is 26.2 Å². The largest absolute Gasteiger partial charge is 0.370 e. The standard InChI is InChI=1S/C14H17F2N5S.HI/c1-8(2)13-21-20-12(22-13)5-6-18-14(17)19-11-7-9(15)3-4-10(11)16;/h3-4,7-8H,5-6H2,1-2H3,(H3,17,18,19);1H. The van der Waals surface area contributed by atoms with Crippen molar-refractivity contribution in [3.05, 3.63) is 39.8 Å². The Morgan fingerprint density at radius 1 is 1.35 bits per heavy atom. The predicted octanol–water partition coefficient (Wildman–Crippen LogP) is 3.53. The van der Waals surface area contributed by atoms with Crippen molar-refractivity contribution < 1.29 is 8.78 Å². The Labute approximate surface area is 154 Å². The number of nitrogens with two attached hydrogens (primary N) is 1. The molecule has 0 aliphatic heterocycles. The fourth-order valence-corrected chi connectivity index (χ4v) is 2.48. The van der Waals surface area contributed by atoms with Gasteiger partial charge in [0, 0.05) is 24.9 Å². The van der Waals surface area contributed by atoms with Crippen LogP contribution in [0.2, 0.25) is 0 Å². The molecule has 23 heavy (non-hydrogen) atoms. The molecule has 9 heteroatoms. The van der Waals surface area contributed by atoms with Crippen molar-refractivity contribution >= 4 is 47.0 Å². The zero-order chi connectivity index (χ0) is 16.1. The summed E-state index contributed by atoms with van der Waals surface area (Å²) < 4.78 is 26.5. The molecule has 2 rings (SSSR count). The lowest BCUT2D eigenvalue weighted by Crippen LogP contribution is -2.23. The highest BCUT2D eigenvalue weighted by molar-refractivity contribution is 14.0. The van der Waals surface area contributed by atoms with Gasteiger partial charge in [-0.25, -0.2) is 8.78 Å². The van der Waals surface area contributed by atoms with E-state index in [0.29, 0.717) is 18.9 Å². The van der Waals surface area contributed by atoms with Crippen LogP contribution in [-0.4, -0.2) is 22.7 Å². The summed E-state index contributed by atoms with van der Waals surface area (Å²) in [5.41, 5.74) is 5.62. The van der Waals surface area contributed by atoms with Crippen LogP contribution in [-0.2, 0) is 6.42 Å². The Morgan fingerprint density at radius 2 is 2.09 bits per heavy atom. The minimum Gasteiger partial charge on any atom is -0.370 e. The van der Waals surface area contributed by atoms with E-state index in [4.69, 9.17) is 5.73 Å². The average Bonchev–Trinajstić information content (AvgIpc) is 2.92. The van der Waals surface area contributed by atoms with Gasteiger partial charge in [-0.2, -0.15) is 0 Å². The van der Waals surface area contributed by atoms with Crippen LogP contribution in [0.15, 0.2) is 23.2 Å². The zero-order valence-corrected chi connectivity index (χ0v) is 15.9. The fourth-order valence-electron chi connectivity index (χ4n) is 1.64. The van der Waals surface area contributed by atoms with E-state index in [-0.39, 0.29) is 35.6 Å². The van der Waals surface area contributed by atoms with Crippen LogP contribution in [0.25, 0.3) is 0 Å². The van der Waals surface area contributed by atoms with Crippen molar-refractivity contribution in [1.29, 1.82) is 0 Å². The number of rotatable bonds is 5. The van der Waals surface area contributed by atoms with Crippen molar-refractivity contribution in [2.75, 3.05) is 11.9 Å². The van der Waals surface area contributed by atoms with E-state index in [1.807, 2.05) is 0 Å². The molecule has 0 saturated carbocycles. The molecule has 0 amide bonds. The molecule has 1 heterocycles. The van der Waals surface area contributed by atoms with E-state index in [2.05, 4.69) is 34.4 Å². The summed E-state index contributed by atoms with van der Waals surface area (Å²) in [6, 6.07) is 3.09. The molecular weight excluding hydrogens is 435 g/mol. The van der Waals surface area contributed by atoms with Crippen LogP contribution in [0, 0.1) is 11.6 Å². The quantitative estimate of drug-likeness (QED) is 0.413. The summed E-state index contributed by atoms with van der Waals surface area (Å²) in [6.07, 6.45) is 0.596. The maximum Gasteiger partial charge on any atom is 0.193 e. The summed E-state index contributed by atoms with van der Waals surface area (Å²) in [7, 11) is 0. The highest BCUT2D eigenvalue weighted by Gasteiger charge is 2.08. The van der Waals surface area contributed by atoms with E-state index in [1.54, 1.807) is 0 Å². The molecule has 0 bridgehead atoms. The molecule has 0 atom stereocenters. The van der Waals surface area contributed by atoms with Crippen molar-refractivity contribution in [3.63, 3.8) is 0 Å². The molecule has 0 saturated heterocycles. The second-order valence-electron chi connectivity index (χ2n) is 4.95. The first-order chi connectivity index (χ1) is 10.5. The van der Waals surface area contributed by atoms with Crippen molar-refractivity contribution in [1.82, 2.24) is 10.2 Å². The topological polar surface area (TPSA) is 76.2 Å². The first kappa shape index (κ1) is 19.7. The summed E-state index contributed by atoms with van der Waals surface area (Å²) in [5, 5.41) is 12.5. The summed E-state index contributed by atoms with van der Waals surface area (Å²) in [5.74, 6) is -0.771. The van der Waals surface area contributed by atoms with Crippen molar-refractivity contribution in [3.8, 4) is 0 Å². The maximum absolute atomic E-state index is 13.4. The lowest BCUT2D eigenvalue weighted by Gasteiger charge is -2.06. The van der Waals surface area contributed by atoms with Gasteiger partial charge in [-0.15, -0.1) is 45.5 Å². The van der Waals surface area contributed by atoms with Gasteiger partial charge < -0.3 is 11.1 Å². The molecule has 0 aliphatic carbocycles.